The molecule has 0 saturated carbocycles. The van der Waals surface area contributed by atoms with E-state index >= 15 is 0 Å². The lowest BCUT2D eigenvalue weighted by molar-refractivity contribution is -0.282. The van der Waals surface area contributed by atoms with Crippen molar-refractivity contribution < 1.29 is 186 Å². The van der Waals surface area contributed by atoms with Crippen molar-refractivity contribution in [1.82, 2.24) is 5.32 Å². The summed E-state index contributed by atoms with van der Waals surface area (Å²) in [6.45, 7) is 2.96. The van der Waals surface area contributed by atoms with Gasteiger partial charge in [-0.1, -0.05) is 59.3 Å². The summed E-state index contributed by atoms with van der Waals surface area (Å²) in [5, 5.41) is 82.6. The number of nitrogens with one attached hydrogen (secondary N) is 1. The number of ether oxygens (including phenoxy) is 10. The Kier molecular flexibility index (Phi) is 47.4. The fraction of sp³-hybridized carbons (Fsp3) is 0.984. The first-order chi connectivity index (χ1) is 50.6. The molecule has 45 heteroatoms. The van der Waals surface area contributed by atoms with Gasteiger partial charge < -0.3 is 118 Å². The minimum atomic E-state index is -5.10. The molecule has 12 unspecified atom stereocenters. The van der Waals surface area contributed by atoms with Crippen molar-refractivity contribution in [2.45, 2.75) is 229 Å². The molecule has 4 heterocycles. The number of carbonyl (C=O) groups is 1. The Morgan fingerprint density at radius 1 is 0.402 bits per heavy atom. The molecular weight excluding hydrogens is 1540 g/mol. The average Bonchev–Trinajstić information content (AvgIpc) is 1.36. The molecule has 4 rings (SSSR count). The van der Waals surface area contributed by atoms with Crippen LogP contribution in [0.15, 0.2) is 0 Å². The standard InChI is InChI=1S/C62H122NO39P5/c1-43-34-48(102-103(73,74)83-6)52(98-43)38-96-107(81,82)97-42-62(39-84-22-19-31-93-104(75,76)90-28-16-10-7-13-25-87-59-45(3)44(2)54(68)49(35-64)99-59,40-85-23-20-32-94-105(77,78)91-29-17-11-8-14-26-88-60-46(4)55(69)56(70)50(36-65)100-60)41-86-24-21-33-95-106(79,80)92-30-18-12-9-15-27-89-61-53(63-47(5)67)58(72)57(71)51(37-66)101-61/h43-46,48-61,64-66,68-72H,7-42H2,1-6H3,(H,63,67)(H,73,74)(H,75,76)(H,77,78)(H,79,80)(H,81,82)/t43-,44+,45?,46?,48-,49?,50?,51?,52+,53?,54+,55+,56-,57-,58+,59+,60+,61+,62?/m0/s1. The number of hydrogen-bond acceptors (Lipinski definition) is 34. The van der Waals surface area contributed by atoms with Crippen LogP contribution in [0.2, 0.25) is 0 Å². The monoisotopic (exact) mass is 1660 g/mol. The predicted molar refractivity (Wildman–Crippen MR) is 372 cm³/mol. The van der Waals surface area contributed by atoms with Gasteiger partial charge >= 0.3 is 39.1 Å². The molecule has 4 saturated heterocycles. The first-order valence-electron chi connectivity index (χ1n) is 36.4. The van der Waals surface area contributed by atoms with Crippen LogP contribution in [0.25, 0.3) is 0 Å². The van der Waals surface area contributed by atoms with Crippen molar-refractivity contribution in [3.8, 4) is 0 Å². The average molecular weight is 1660 g/mol. The summed E-state index contributed by atoms with van der Waals surface area (Å²) < 4.78 is 174. The van der Waals surface area contributed by atoms with Gasteiger partial charge in [-0.05, 0) is 70.6 Å². The van der Waals surface area contributed by atoms with Gasteiger partial charge in [0.2, 0.25) is 5.91 Å². The number of aliphatic hydroxyl groups excluding tert-OH is 8. The van der Waals surface area contributed by atoms with E-state index in [0.717, 1.165) is 7.11 Å². The molecule has 634 valence electrons. The summed E-state index contributed by atoms with van der Waals surface area (Å²) >= 11 is 0. The molecule has 4 fully saturated rings. The Bertz CT molecular complexity index is 2580. The highest BCUT2D eigenvalue weighted by molar-refractivity contribution is 7.48. The Hall–Kier alpha value is -0.700. The highest BCUT2D eigenvalue weighted by Crippen LogP contribution is 2.50. The van der Waals surface area contributed by atoms with E-state index in [1.807, 2.05) is 13.8 Å². The molecule has 0 spiro atoms. The maximum Gasteiger partial charge on any atom is 0.472 e. The summed E-state index contributed by atoms with van der Waals surface area (Å²) in [5.41, 5.74) is -1.56. The van der Waals surface area contributed by atoms with Gasteiger partial charge in [0.15, 0.2) is 18.9 Å². The third kappa shape index (κ3) is 38.3. The van der Waals surface area contributed by atoms with Crippen molar-refractivity contribution in [3.63, 3.8) is 0 Å². The Labute approximate surface area is 625 Å². The lowest BCUT2D eigenvalue weighted by atomic mass is 9.85. The highest BCUT2D eigenvalue weighted by Gasteiger charge is 2.47. The minimum absolute atomic E-state index is 0.000281. The minimum Gasteiger partial charge on any atom is -0.394 e. The molecule has 0 bridgehead atoms. The Morgan fingerprint density at radius 2 is 0.766 bits per heavy atom. The topological polar surface area (TPSA) is 562 Å². The summed E-state index contributed by atoms with van der Waals surface area (Å²) in [6, 6.07) is -1.10. The Morgan fingerprint density at radius 3 is 1.18 bits per heavy atom. The van der Waals surface area contributed by atoms with Crippen LogP contribution < -0.4 is 5.32 Å². The summed E-state index contributed by atoms with van der Waals surface area (Å²) in [5.74, 6) is -1.31. The maximum atomic E-state index is 13.7. The number of phosphoric acid groups is 5. The smallest absolute Gasteiger partial charge is 0.394 e. The van der Waals surface area contributed by atoms with E-state index in [-0.39, 0.29) is 123 Å². The van der Waals surface area contributed by atoms with Crippen molar-refractivity contribution in [3.05, 3.63) is 0 Å². The van der Waals surface area contributed by atoms with Crippen molar-refractivity contribution in [1.29, 1.82) is 0 Å². The number of aliphatic hydroxyl groups is 8. The number of unbranched alkanes of at least 4 members (excludes halogenated alkanes) is 9. The molecule has 1 amide bonds. The fourth-order valence-electron chi connectivity index (χ4n) is 11.5. The van der Waals surface area contributed by atoms with Crippen LogP contribution in [0, 0.1) is 23.2 Å². The lowest BCUT2D eigenvalue weighted by Gasteiger charge is -2.42. The number of phosphoric ester groups is 5. The largest absolute Gasteiger partial charge is 0.472 e. The zero-order chi connectivity index (χ0) is 79.3. The van der Waals surface area contributed by atoms with Gasteiger partial charge in [-0.25, -0.2) is 22.8 Å². The molecule has 107 heavy (non-hydrogen) atoms. The van der Waals surface area contributed by atoms with Crippen LogP contribution in [0.5, 0.6) is 0 Å². The zero-order valence-corrected chi connectivity index (χ0v) is 66.5. The van der Waals surface area contributed by atoms with E-state index in [4.69, 9.17) is 88.1 Å². The maximum absolute atomic E-state index is 13.7. The van der Waals surface area contributed by atoms with E-state index in [2.05, 4.69) is 9.84 Å². The SMILES string of the molecule is COP(=O)(O)O[C@H]1C[C@H](C)O[C@@H]1COP(=O)(O)OCC(COCCCOP(=O)(O)OCCCCCCO[C@@H]1OC(CO)[C@H](O)[C@H](C)C1C)(COCCCOP(=O)(O)OCCCCCCO[C@@H]1OC(CO)[C@H](O)[C@H](O)C1C)COCCCOP(=O)(O)OCCCCCCO[C@@H]1OC(CO)[C@H](O)[C@H](O)C1NC(C)=O. The first kappa shape index (κ1) is 98.7. The van der Waals surface area contributed by atoms with Gasteiger partial charge in [-0.3, -0.25) is 50.0 Å². The van der Waals surface area contributed by atoms with Gasteiger partial charge in [-0.15, -0.1) is 0 Å². The summed E-state index contributed by atoms with van der Waals surface area (Å²) in [7, 11) is -22.4. The molecule has 40 nitrogen and oxygen atoms in total. The predicted octanol–water partition coefficient (Wildman–Crippen LogP) is 3.14. The molecule has 24 atom stereocenters. The number of rotatable bonds is 61. The first-order valence-corrected chi connectivity index (χ1v) is 43.8. The van der Waals surface area contributed by atoms with E-state index in [1.54, 1.807) is 13.8 Å². The third-order valence-corrected chi connectivity index (χ3v) is 22.9. The van der Waals surface area contributed by atoms with Gasteiger partial charge in [0, 0.05) is 71.9 Å². The van der Waals surface area contributed by atoms with E-state index in [1.165, 1.54) is 6.92 Å². The number of hydrogen-bond donors (Lipinski definition) is 14. The van der Waals surface area contributed by atoms with Gasteiger partial charge in [-0.2, -0.15) is 0 Å². The molecule has 14 N–H and O–H groups in total. The van der Waals surface area contributed by atoms with Crippen molar-refractivity contribution in [2.24, 2.45) is 23.2 Å². The molecule has 4 aliphatic heterocycles. The van der Waals surface area contributed by atoms with Crippen LogP contribution in [-0.2, 0) is 120 Å². The van der Waals surface area contributed by atoms with Crippen molar-refractivity contribution in [2.75, 3.05) is 139 Å². The van der Waals surface area contributed by atoms with Gasteiger partial charge in [0.1, 0.15) is 54.9 Å². The van der Waals surface area contributed by atoms with Crippen LogP contribution in [0.4, 0.5) is 0 Å². The third-order valence-electron chi connectivity index (χ3n) is 17.9. The van der Waals surface area contributed by atoms with Gasteiger partial charge in [0.25, 0.3) is 0 Å². The fourth-order valence-corrected chi connectivity index (χ4v) is 15.4. The summed E-state index contributed by atoms with van der Waals surface area (Å²) in [4.78, 5) is 64.2. The van der Waals surface area contributed by atoms with E-state index in [0.29, 0.717) is 83.7 Å². The molecular formula is C62H122NO39P5. The second kappa shape index (κ2) is 51.4. The van der Waals surface area contributed by atoms with E-state index < -0.39 is 188 Å². The van der Waals surface area contributed by atoms with Crippen LogP contribution in [0.1, 0.15) is 137 Å². The molecule has 4 aliphatic rings. The quantitative estimate of drug-likeness (QED) is 0.0307. The normalized spacial score (nSPS) is 31.3. The molecule has 0 aromatic heterocycles. The summed E-state index contributed by atoms with van der Waals surface area (Å²) in [6.07, 6.45) is -8.02. The van der Waals surface area contributed by atoms with E-state index in [9.17, 15) is 92.9 Å². The number of carbonyl (C=O) groups excluding carboxylic acids is 1. The Balaban J connectivity index is 1.33. The second-order valence-electron chi connectivity index (χ2n) is 27.0. The van der Waals surface area contributed by atoms with Crippen LogP contribution >= 0.6 is 39.1 Å². The van der Waals surface area contributed by atoms with Crippen LogP contribution in [0.3, 0.4) is 0 Å². The number of amides is 1. The zero-order valence-electron chi connectivity index (χ0n) is 62.0. The van der Waals surface area contributed by atoms with Crippen LogP contribution in [-0.4, -0.2) is 303 Å². The van der Waals surface area contributed by atoms with Crippen molar-refractivity contribution >= 4 is 45.0 Å². The highest BCUT2D eigenvalue weighted by atomic mass is 31.2. The lowest BCUT2D eigenvalue weighted by Crippen LogP contribution is -2.64. The molecule has 0 aliphatic carbocycles. The molecule has 0 aromatic rings. The second-order valence-corrected chi connectivity index (χ2v) is 34.3. The molecule has 0 radical (unpaired) electrons. The van der Waals surface area contributed by atoms with Gasteiger partial charge in [0.05, 0.1) is 116 Å². The molecule has 0 aromatic carbocycles.